The summed E-state index contributed by atoms with van der Waals surface area (Å²) < 4.78 is 15.9. The van der Waals surface area contributed by atoms with Crippen LogP contribution in [0.2, 0.25) is 0 Å². The average Bonchev–Trinajstić information content (AvgIpc) is 3.54. The number of esters is 1. The normalized spacial score (nSPS) is 11.7. The van der Waals surface area contributed by atoms with Gasteiger partial charge in [0.1, 0.15) is 5.69 Å². The first-order chi connectivity index (χ1) is 16.0. The maximum atomic E-state index is 12.7. The van der Waals surface area contributed by atoms with Gasteiger partial charge in [0, 0.05) is 5.69 Å². The van der Waals surface area contributed by atoms with Crippen LogP contribution in [-0.2, 0) is 9.53 Å². The van der Waals surface area contributed by atoms with Crippen LogP contribution >= 0.6 is 11.8 Å². The van der Waals surface area contributed by atoms with Gasteiger partial charge in [0.2, 0.25) is 11.1 Å². The van der Waals surface area contributed by atoms with Gasteiger partial charge in [0.25, 0.3) is 0 Å². The molecule has 33 heavy (non-hydrogen) atoms. The molecule has 0 saturated heterocycles. The van der Waals surface area contributed by atoms with Crippen LogP contribution in [0.5, 0.6) is 0 Å². The molecule has 0 saturated carbocycles. The second kappa shape index (κ2) is 10.1. The molecule has 10 heteroatoms. The number of hydrogen-bond donors (Lipinski definition) is 1. The molecule has 1 atom stereocenters. The minimum atomic E-state index is -0.518. The smallest absolute Gasteiger partial charge is 0.338 e. The van der Waals surface area contributed by atoms with Crippen LogP contribution in [-0.4, -0.2) is 38.9 Å². The van der Waals surface area contributed by atoms with Crippen LogP contribution in [0.3, 0.4) is 0 Å². The Kier molecular flexibility index (Phi) is 6.84. The van der Waals surface area contributed by atoms with E-state index in [2.05, 4.69) is 20.5 Å². The van der Waals surface area contributed by atoms with E-state index < -0.39 is 11.2 Å². The van der Waals surface area contributed by atoms with Crippen molar-refractivity contribution in [2.75, 3.05) is 11.9 Å². The van der Waals surface area contributed by atoms with E-state index in [1.54, 1.807) is 68.6 Å². The van der Waals surface area contributed by atoms with Crippen molar-refractivity contribution in [2.45, 2.75) is 24.3 Å². The van der Waals surface area contributed by atoms with Gasteiger partial charge in [-0.1, -0.05) is 11.8 Å². The van der Waals surface area contributed by atoms with E-state index in [0.717, 1.165) is 11.8 Å². The Bertz CT molecular complexity index is 1220. The van der Waals surface area contributed by atoms with Crippen molar-refractivity contribution in [3.05, 3.63) is 66.6 Å². The third-order valence-corrected chi connectivity index (χ3v) is 5.44. The number of furan rings is 2. The third kappa shape index (κ3) is 5.29. The van der Waals surface area contributed by atoms with E-state index in [1.807, 2.05) is 0 Å². The first kappa shape index (κ1) is 22.3. The van der Waals surface area contributed by atoms with Crippen LogP contribution < -0.4 is 5.32 Å². The van der Waals surface area contributed by atoms with Crippen LogP contribution in [0.1, 0.15) is 24.2 Å². The number of ether oxygens (including phenoxy) is 1. The number of benzene rings is 1. The second-order valence-electron chi connectivity index (χ2n) is 6.79. The van der Waals surface area contributed by atoms with Crippen LogP contribution in [0.15, 0.2) is 75.0 Å². The Hall–Kier alpha value is -3.92. The fourth-order valence-corrected chi connectivity index (χ4v) is 3.60. The molecule has 9 nitrogen and oxygen atoms in total. The monoisotopic (exact) mass is 464 g/mol. The molecule has 4 aromatic rings. The van der Waals surface area contributed by atoms with Gasteiger partial charge in [0.15, 0.2) is 17.2 Å². The highest BCUT2D eigenvalue weighted by atomic mass is 32.2. The summed E-state index contributed by atoms with van der Waals surface area (Å²) in [4.78, 5) is 29.0. The lowest BCUT2D eigenvalue weighted by Gasteiger charge is -2.12. The molecule has 0 radical (unpaired) electrons. The molecule has 4 rings (SSSR count). The van der Waals surface area contributed by atoms with E-state index in [-0.39, 0.29) is 5.91 Å². The summed E-state index contributed by atoms with van der Waals surface area (Å²) in [6.45, 7) is 3.78. The number of aromatic nitrogens is 3. The topological polar surface area (TPSA) is 120 Å². The SMILES string of the molecule is CCOC(=O)c1ccc(NC(=O)C(C)Sc2nnc(-c3ccco3)c(-c3ccco3)n2)cc1. The number of carbonyl (C=O) groups is 2. The van der Waals surface area contributed by atoms with Crippen molar-refractivity contribution >= 4 is 29.3 Å². The Balaban J connectivity index is 1.47. The number of thioether (sulfide) groups is 1. The van der Waals surface area contributed by atoms with Gasteiger partial charge in [0.05, 0.1) is 29.9 Å². The Labute approximate surface area is 193 Å². The molecular weight excluding hydrogens is 444 g/mol. The van der Waals surface area contributed by atoms with E-state index in [1.165, 1.54) is 6.26 Å². The number of carbonyl (C=O) groups excluding carboxylic acids is 2. The average molecular weight is 465 g/mol. The molecule has 0 bridgehead atoms. The Morgan fingerprint density at radius 2 is 1.67 bits per heavy atom. The van der Waals surface area contributed by atoms with E-state index in [4.69, 9.17) is 13.6 Å². The molecule has 0 fully saturated rings. The highest BCUT2D eigenvalue weighted by Crippen LogP contribution is 2.31. The maximum absolute atomic E-state index is 12.7. The molecule has 1 aromatic carbocycles. The quantitative estimate of drug-likeness (QED) is 0.292. The molecule has 3 aromatic heterocycles. The Morgan fingerprint density at radius 3 is 2.27 bits per heavy atom. The third-order valence-electron chi connectivity index (χ3n) is 4.49. The zero-order chi connectivity index (χ0) is 23.2. The van der Waals surface area contributed by atoms with Gasteiger partial charge in [-0.05, 0) is 62.4 Å². The van der Waals surface area contributed by atoms with Crippen molar-refractivity contribution in [3.63, 3.8) is 0 Å². The lowest BCUT2D eigenvalue weighted by atomic mass is 10.2. The molecular formula is C23H20N4O5S. The van der Waals surface area contributed by atoms with E-state index in [9.17, 15) is 9.59 Å². The maximum Gasteiger partial charge on any atom is 0.338 e. The fourth-order valence-electron chi connectivity index (χ4n) is 2.88. The zero-order valence-electron chi connectivity index (χ0n) is 17.8. The van der Waals surface area contributed by atoms with Crippen molar-refractivity contribution < 1.29 is 23.2 Å². The minimum Gasteiger partial charge on any atom is -0.463 e. The number of anilines is 1. The predicted molar refractivity (Wildman–Crippen MR) is 122 cm³/mol. The summed E-state index contributed by atoms with van der Waals surface area (Å²) in [6, 6.07) is 13.5. The zero-order valence-corrected chi connectivity index (χ0v) is 18.7. The summed E-state index contributed by atoms with van der Waals surface area (Å²) in [5.41, 5.74) is 1.88. The fraction of sp³-hybridized carbons (Fsp3) is 0.174. The lowest BCUT2D eigenvalue weighted by Crippen LogP contribution is -2.22. The number of hydrogen-bond acceptors (Lipinski definition) is 9. The van der Waals surface area contributed by atoms with Gasteiger partial charge in [-0.2, -0.15) is 0 Å². The standard InChI is InChI=1S/C23H20N4O5S/c1-3-30-22(29)15-8-10-16(11-9-15)24-21(28)14(2)33-23-25-19(17-6-4-12-31-17)20(26-27-23)18-7-5-13-32-18/h4-14H,3H2,1-2H3,(H,24,28). The summed E-state index contributed by atoms with van der Waals surface area (Å²) in [7, 11) is 0. The molecule has 1 unspecified atom stereocenters. The number of rotatable bonds is 8. The first-order valence-electron chi connectivity index (χ1n) is 10.1. The molecule has 0 aliphatic heterocycles. The van der Waals surface area contributed by atoms with Crippen molar-refractivity contribution in [3.8, 4) is 22.9 Å². The summed E-state index contributed by atoms with van der Waals surface area (Å²) in [6.07, 6.45) is 3.08. The minimum absolute atomic E-state index is 0.248. The van der Waals surface area contributed by atoms with Crippen molar-refractivity contribution in [2.24, 2.45) is 0 Å². The molecule has 168 valence electrons. The van der Waals surface area contributed by atoms with Crippen LogP contribution in [0.4, 0.5) is 5.69 Å². The second-order valence-corrected chi connectivity index (χ2v) is 8.10. The first-order valence-corrected chi connectivity index (χ1v) is 11.0. The van der Waals surface area contributed by atoms with Crippen LogP contribution in [0, 0.1) is 0 Å². The van der Waals surface area contributed by atoms with Gasteiger partial charge in [-0.15, -0.1) is 10.2 Å². The number of amides is 1. The van der Waals surface area contributed by atoms with E-state index >= 15 is 0 Å². The van der Waals surface area contributed by atoms with Crippen molar-refractivity contribution in [1.82, 2.24) is 15.2 Å². The molecule has 0 aliphatic rings. The summed E-state index contributed by atoms with van der Waals surface area (Å²) >= 11 is 1.16. The lowest BCUT2D eigenvalue weighted by molar-refractivity contribution is -0.115. The predicted octanol–water partition coefficient (Wildman–Crippen LogP) is 4.69. The molecule has 3 heterocycles. The van der Waals surface area contributed by atoms with Gasteiger partial charge >= 0.3 is 5.97 Å². The summed E-state index contributed by atoms with van der Waals surface area (Å²) in [5, 5.41) is 11.0. The Morgan fingerprint density at radius 1 is 1.00 bits per heavy atom. The number of nitrogens with one attached hydrogen (secondary N) is 1. The van der Waals surface area contributed by atoms with Crippen LogP contribution in [0.25, 0.3) is 22.9 Å². The van der Waals surface area contributed by atoms with Crippen molar-refractivity contribution in [1.29, 1.82) is 0 Å². The van der Waals surface area contributed by atoms with Gasteiger partial charge < -0.3 is 18.9 Å². The van der Waals surface area contributed by atoms with E-state index in [0.29, 0.717) is 45.9 Å². The molecule has 1 amide bonds. The van der Waals surface area contributed by atoms with Gasteiger partial charge in [-0.3, -0.25) is 4.79 Å². The highest BCUT2D eigenvalue weighted by Gasteiger charge is 2.21. The summed E-state index contributed by atoms with van der Waals surface area (Å²) in [5.74, 6) is 0.364. The highest BCUT2D eigenvalue weighted by molar-refractivity contribution is 8.00. The molecule has 0 aliphatic carbocycles. The largest absolute Gasteiger partial charge is 0.463 e. The molecule has 0 spiro atoms. The van der Waals surface area contributed by atoms with Gasteiger partial charge in [-0.25, -0.2) is 9.78 Å². The molecule has 1 N–H and O–H groups in total. The number of nitrogens with zero attached hydrogens (tertiary/aromatic N) is 3.